The first-order chi connectivity index (χ1) is 21.1. The van der Waals surface area contributed by atoms with Crippen molar-refractivity contribution >= 4 is 0 Å². The lowest BCUT2D eigenvalue weighted by Crippen LogP contribution is -2.52. The topological polar surface area (TPSA) is 0 Å². The van der Waals surface area contributed by atoms with Crippen molar-refractivity contribution in [1.29, 1.82) is 0 Å². The first-order valence-corrected chi connectivity index (χ1v) is 19.0. The fourth-order valence-electron chi connectivity index (χ4n) is 12.0. The fourth-order valence-corrected chi connectivity index (χ4v) is 12.0. The van der Waals surface area contributed by atoms with E-state index in [0.717, 1.165) is 41.4 Å². The third-order valence-corrected chi connectivity index (χ3v) is 15.0. The number of hydrogen-bond donors (Lipinski definition) is 0. The zero-order chi connectivity index (χ0) is 30.7. The smallest absolute Gasteiger partial charge is 0.0240 e. The van der Waals surface area contributed by atoms with Crippen LogP contribution in [0.25, 0.3) is 0 Å². The molecular weight excluding hydrogens is 528 g/mol. The third-order valence-electron chi connectivity index (χ3n) is 15.0. The molecule has 5 aliphatic rings. The molecule has 2 aromatic rings. The average Bonchev–Trinajstić information content (AvgIpc) is 3.34. The largest absolute Gasteiger partial charge is 0.0844 e. The van der Waals surface area contributed by atoms with Gasteiger partial charge in [0.2, 0.25) is 0 Å². The van der Waals surface area contributed by atoms with Crippen molar-refractivity contribution < 1.29 is 0 Å². The van der Waals surface area contributed by atoms with Crippen molar-refractivity contribution in [2.24, 2.45) is 46.3 Å². The number of aryl methyl sites for hydroxylation is 1. The van der Waals surface area contributed by atoms with Crippen LogP contribution < -0.4 is 0 Å². The van der Waals surface area contributed by atoms with Crippen molar-refractivity contribution in [3.05, 3.63) is 82.4 Å². The number of allylic oxidation sites excluding steroid dienone is 2. The second-order valence-electron chi connectivity index (χ2n) is 17.7. The molecule has 8 unspecified atom stereocenters. The molecule has 0 heteroatoms. The first-order valence-electron chi connectivity index (χ1n) is 19.0. The minimum absolute atomic E-state index is 0.108. The van der Waals surface area contributed by atoms with Crippen LogP contribution >= 0.6 is 0 Å². The van der Waals surface area contributed by atoms with Gasteiger partial charge in [0, 0.05) is 5.41 Å². The molecule has 0 amide bonds. The summed E-state index contributed by atoms with van der Waals surface area (Å²) in [5, 5.41) is 0. The summed E-state index contributed by atoms with van der Waals surface area (Å²) in [4.78, 5) is 0. The van der Waals surface area contributed by atoms with E-state index in [9.17, 15) is 0 Å². The summed E-state index contributed by atoms with van der Waals surface area (Å²) in [6.07, 6.45) is 22.4. The molecule has 4 fully saturated rings. The summed E-state index contributed by atoms with van der Waals surface area (Å²) in [6, 6.07) is 19.7. The minimum Gasteiger partial charge on any atom is -0.0844 e. The lowest BCUT2D eigenvalue weighted by Gasteiger charge is -2.60. The Morgan fingerprint density at radius 1 is 0.750 bits per heavy atom. The summed E-state index contributed by atoms with van der Waals surface area (Å²) in [7, 11) is 0. The predicted octanol–water partition coefficient (Wildman–Crippen LogP) is 12.6. The lowest BCUT2D eigenvalue weighted by atomic mass is 9.44. The van der Waals surface area contributed by atoms with Gasteiger partial charge in [0.05, 0.1) is 0 Å². The Kier molecular flexibility index (Phi) is 8.24. The van der Waals surface area contributed by atoms with Gasteiger partial charge in [-0.25, -0.2) is 0 Å². The van der Waals surface area contributed by atoms with E-state index in [-0.39, 0.29) is 5.41 Å². The van der Waals surface area contributed by atoms with E-state index < -0.39 is 0 Å². The summed E-state index contributed by atoms with van der Waals surface area (Å²) in [5.41, 5.74) is 8.94. The first kappa shape index (κ1) is 30.8. The Labute approximate surface area is 270 Å². The lowest BCUT2D eigenvalue weighted by molar-refractivity contribution is -0.0530. The number of rotatable bonds is 8. The molecule has 0 aromatic heterocycles. The summed E-state index contributed by atoms with van der Waals surface area (Å²) >= 11 is 0. The molecule has 0 radical (unpaired) electrons. The van der Waals surface area contributed by atoms with Gasteiger partial charge >= 0.3 is 0 Å². The highest BCUT2D eigenvalue weighted by Crippen LogP contribution is 2.69. The van der Waals surface area contributed by atoms with Crippen molar-refractivity contribution in [1.82, 2.24) is 0 Å². The molecule has 7 rings (SSSR count). The highest BCUT2D eigenvalue weighted by molar-refractivity contribution is 5.46. The Hall–Kier alpha value is -1.82. The van der Waals surface area contributed by atoms with Crippen LogP contribution in [0.15, 0.2) is 60.2 Å². The van der Waals surface area contributed by atoms with Gasteiger partial charge in [0.15, 0.2) is 0 Å². The van der Waals surface area contributed by atoms with Crippen molar-refractivity contribution in [2.75, 3.05) is 0 Å². The van der Waals surface area contributed by atoms with Gasteiger partial charge < -0.3 is 0 Å². The van der Waals surface area contributed by atoms with E-state index in [1.807, 2.05) is 5.57 Å². The van der Waals surface area contributed by atoms with Gasteiger partial charge in [-0.3, -0.25) is 0 Å². The fraction of sp³-hybridized carbons (Fsp3) is 0.682. The monoisotopic (exact) mass is 590 g/mol. The van der Waals surface area contributed by atoms with Gasteiger partial charge in [-0.05, 0) is 140 Å². The molecule has 4 saturated carbocycles. The van der Waals surface area contributed by atoms with Crippen LogP contribution in [-0.2, 0) is 5.41 Å². The van der Waals surface area contributed by atoms with E-state index in [4.69, 9.17) is 0 Å². The third kappa shape index (κ3) is 5.08. The van der Waals surface area contributed by atoms with Gasteiger partial charge in [0.25, 0.3) is 0 Å². The number of fused-ring (bicyclic) bond motifs is 5. The van der Waals surface area contributed by atoms with Gasteiger partial charge in [-0.2, -0.15) is 0 Å². The maximum atomic E-state index is 2.82. The molecule has 8 atom stereocenters. The Balaban J connectivity index is 1.16. The Morgan fingerprint density at radius 3 is 2.11 bits per heavy atom. The molecule has 0 spiro atoms. The van der Waals surface area contributed by atoms with Gasteiger partial charge in [0.1, 0.15) is 0 Å². The quantitative estimate of drug-likeness (QED) is 0.268. The molecule has 0 heterocycles. The SMILES string of the molecule is Cc1ccc(C2(c3ccc(C4CCC4)cc3)CCC3(C)C(=CCC4C3CCC3(C)C(C(C)CCCC(C)C)CCC43)C2)cc1. The second kappa shape index (κ2) is 11.8. The van der Waals surface area contributed by atoms with Crippen molar-refractivity contribution in [3.8, 4) is 0 Å². The Bertz CT molecular complexity index is 1320. The molecule has 0 bridgehead atoms. The summed E-state index contributed by atoms with van der Waals surface area (Å²) in [5.74, 6) is 6.23. The molecule has 0 aliphatic heterocycles. The number of benzene rings is 2. The standard InChI is InChI=1S/C44H62/c1-30(2)9-7-10-32(4)39-23-24-40-38-22-21-37-29-44(35-17-13-31(3)14-18-35,36-19-15-34(16-20-36)33-11-8-12-33)28-27-42(37,5)41(38)25-26-43(39,40)6/h13-21,30,32-33,38-41H,7-12,22-29H2,1-6H3. The van der Waals surface area contributed by atoms with Crippen molar-refractivity contribution in [3.63, 3.8) is 0 Å². The highest BCUT2D eigenvalue weighted by atomic mass is 14.6. The minimum atomic E-state index is 0.108. The van der Waals surface area contributed by atoms with Crippen LogP contribution in [-0.4, -0.2) is 0 Å². The van der Waals surface area contributed by atoms with Gasteiger partial charge in [-0.1, -0.05) is 126 Å². The van der Waals surface area contributed by atoms with Crippen LogP contribution in [0.2, 0.25) is 0 Å². The highest BCUT2D eigenvalue weighted by Gasteiger charge is 2.60. The van der Waals surface area contributed by atoms with E-state index in [0.29, 0.717) is 10.8 Å². The van der Waals surface area contributed by atoms with Crippen molar-refractivity contribution in [2.45, 2.75) is 143 Å². The predicted molar refractivity (Wildman–Crippen MR) is 188 cm³/mol. The maximum absolute atomic E-state index is 2.82. The molecule has 2 aromatic carbocycles. The molecule has 0 saturated heterocycles. The molecule has 44 heavy (non-hydrogen) atoms. The van der Waals surface area contributed by atoms with Crippen LogP contribution in [0.5, 0.6) is 0 Å². The molecule has 0 N–H and O–H groups in total. The van der Waals surface area contributed by atoms with E-state index in [1.54, 1.807) is 16.7 Å². The van der Waals surface area contributed by atoms with E-state index >= 15 is 0 Å². The maximum Gasteiger partial charge on any atom is 0.0240 e. The Morgan fingerprint density at radius 2 is 1.45 bits per heavy atom. The summed E-state index contributed by atoms with van der Waals surface area (Å²) < 4.78 is 0. The average molecular weight is 591 g/mol. The molecule has 0 nitrogen and oxygen atoms in total. The molecular formula is C44H62. The van der Waals surface area contributed by atoms with Crippen LogP contribution in [0.1, 0.15) is 153 Å². The van der Waals surface area contributed by atoms with Crippen LogP contribution in [0, 0.1) is 53.3 Å². The molecule has 238 valence electrons. The zero-order valence-electron chi connectivity index (χ0n) is 29.1. The number of hydrogen-bond acceptors (Lipinski definition) is 0. The van der Waals surface area contributed by atoms with Gasteiger partial charge in [-0.15, -0.1) is 0 Å². The van der Waals surface area contributed by atoms with E-state index in [2.05, 4.69) is 96.1 Å². The molecule has 5 aliphatic carbocycles. The van der Waals surface area contributed by atoms with Crippen LogP contribution in [0.4, 0.5) is 0 Å². The normalized spacial score (nSPS) is 37.5. The second-order valence-corrected chi connectivity index (χ2v) is 17.7. The summed E-state index contributed by atoms with van der Waals surface area (Å²) in [6.45, 7) is 15.1. The zero-order valence-corrected chi connectivity index (χ0v) is 29.1. The van der Waals surface area contributed by atoms with Crippen LogP contribution in [0.3, 0.4) is 0 Å². The van der Waals surface area contributed by atoms with E-state index in [1.165, 1.54) is 95.5 Å².